The van der Waals surface area contributed by atoms with Gasteiger partial charge in [0.05, 0.1) is 18.7 Å². The highest BCUT2D eigenvalue weighted by Crippen LogP contribution is 2.24. The second-order valence-electron chi connectivity index (χ2n) is 6.62. The molecule has 2 aromatic rings. The first-order valence-electron chi connectivity index (χ1n) is 8.40. The Kier molecular flexibility index (Phi) is 4.94. The molecule has 1 amide bonds. The average molecular weight is 341 g/mol. The number of likely N-dealkylation sites (N-methyl/N-ethyl adjacent to an activating group) is 1. The number of amides is 1. The van der Waals surface area contributed by atoms with Gasteiger partial charge in [-0.15, -0.1) is 0 Å². The number of hydrogen-bond donors (Lipinski definition) is 1. The maximum absolute atomic E-state index is 12.6. The van der Waals surface area contributed by atoms with Crippen molar-refractivity contribution in [3.63, 3.8) is 0 Å². The minimum atomic E-state index is -0.994. The van der Waals surface area contributed by atoms with Gasteiger partial charge in [-0.3, -0.25) is 4.79 Å². The summed E-state index contributed by atoms with van der Waals surface area (Å²) in [6, 6.07) is 7.12. The SMILES string of the molecule is Cc1cccc(C(=O)N(C)CC2(O)CCCN(c3ncccn3)C2)n1. The van der Waals surface area contributed by atoms with Crippen LogP contribution in [0.5, 0.6) is 0 Å². The monoisotopic (exact) mass is 341 g/mol. The lowest BCUT2D eigenvalue weighted by Crippen LogP contribution is -2.55. The van der Waals surface area contributed by atoms with Gasteiger partial charge < -0.3 is 14.9 Å². The number of carbonyl (C=O) groups is 1. The van der Waals surface area contributed by atoms with E-state index >= 15 is 0 Å². The lowest BCUT2D eigenvalue weighted by molar-refractivity contribution is -0.000442. The lowest BCUT2D eigenvalue weighted by Gasteiger charge is -2.41. The summed E-state index contributed by atoms with van der Waals surface area (Å²) in [4.78, 5) is 28.9. The van der Waals surface area contributed by atoms with Gasteiger partial charge in [0.1, 0.15) is 5.69 Å². The number of nitrogens with zero attached hydrogens (tertiary/aromatic N) is 5. The molecule has 1 saturated heterocycles. The molecule has 25 heavy (non-hydrogen) atoms. The Morgan fingerprint density at radius 3 is 2.80 bits per heavy atom. The molecule has 1 unspecified atom stereocenters. The van der Waals surface area contributed by atoms with Gasteiger partial charge >= 0.3 is 0 Å². The van der Waals surface area contributed by atoms with Crippen LogP contribution in [0.2, 0.25) is 0 Å². The third kappa shape index (κ3) is 4.11. The molecule has 0 bridgehead atoms. The van der Waals surface area contributed by atoms with Crippen molar-refractivity contribution in [1.82, 2.24) is 19.9 Å². The molecule has 7 nitrogen and oxygen atoms in total. The summed E-state index contributed by atoms with van der Waals surface area (Å²) in [6.07, 6.45) is 4.83. The molecule has 7 heteroatoms. The Morgan fingerprint density at radius 1 is 1.32 bits per heavy atom. The predicted octanol–water partition coefficient (Wildman–Crippen LogP) is 1.28. The topological polar surface area (TPSA) is 82.5 Å². The molecule has 2 aromatic heterocycles. The van der Waals surface area contributed by atoms with Crippen molar-refractivity contribution in [2.45, 2.75) is 25.4 Å². The van der Waals surface area contributed by atoms with Gasteiger partial charge in [0, 0.05) is 31.7 Å². The van der Waals surface area contributed by atoms with E-state index in [-0.39, 0.29) is 12.5 Å². The number of aryl methyl sites for hydroxylation is 1. The normalized spacial score (nSPS) is 20.4. The van der Waals surface area contributed by atoms with Crippen LogP contribution < -0.4 is 4.90 Å². The van der Waals surface area contributed by atoms with Crippen LogP contribution >= 0.6 is 0 Å². The van der Waals surface area contributed by atoms with E-state index in [0.29, 0.717) is 24.6 Å². The first-order valence-corrected chi connectivity index (χ1v) is 8.40. The standard InChI is InChI=1S/C18H23N5O2/c1-14-6-3-7-15(21-14)16(24)22(2)12-18(25)8-4-11-23(13-18)17-19-9-5-10-20-17/h3,5-7,9-10,25H,4,8,11-13H2,1-2H3. The van der Waals surface area contributed by atoms with Crippen molar-refractivity contribution in [1.29, 1.82) is 0 Å². The number of pyridine rings is 1. The number of aliphatic hydroxyl groups is 1. The largest absolute Gasteiger partial charge is 0.386 e. The van der Waals surface area contributed by atoms with E-state index < -0.39 is 5.60 Å². The number of anilines is 1. The molecule has 0 saturated carbocycles. The van der Waals surface area contributed by atoms with Crippen LogP contribution in [0.4, 0.5) is 5.95 Å². The number of aromatic nitrogens is 3. The molecule has 132 valence electrons. The molecule has 3 rings (SSSR count). The zero-order valence-electron chi connectivity index (χ0n) is 14.6. The first kappa shape index (κ1) is 17.3. The van der Waals surface area contributed by atoms with E-state index in [2.05, 4.69) is 15.0 Å². The molecule has 3 heterocycles. The summed E-state index contributed by atoms with van der Waals surface area (Å²) < 4.78 is 0. The van der Waals surface area contributed by atoms with E-state index in [1.54, 1.807) is 31.6 Å². The molecule has 0 spiro atoms. The Balaban J connectivity index is 1.69. The summed E-state index contributed by atoms with van der Waals surface area (Å²) in [5.74, 6) is 0.417. The molecule has 0 aliphatic carbocycles. The Labute approximate surface area is 147 Å². The minimum Gasteiger partial charge on any atom is -0.386 e. The smallest absolute Gasteiger partial charge is 0.272 e. The van der Waals surface area contributed by atoms with Crippen LogP contribution in [0.15, 0.2) is 36.7 Å². The van der Waals surface area contributed by atoms with Gasteiger partial charge in [0.15, 0.2) is 0 Å². The second-order valence-corrected chi connectivity index (χ2v) is 6.62. The van der Waals surface area contributed by atoms with Gasteiger partial charge in [-0.2, -0.15) is 0 Å². The Bertz CT molecular complexity index is 739. The number of carbonyl (C=O) groups excluding carboxylic acids is 1. The summed E-state index contributed by atoms with van der Waals surface area (Å²) in [6.45, 7) is 3.28. The van der Waals surface area contributed by atoms with Crippen molar-refractivity contribution in [2.75, 3.05) is 31.6 Å². The number of β-amino-alcohol motifs (C(OH)–C–C–N with tert-alkyl or cyclic N) is 1. The van der Waals surface area contributed by atoms with Crippen molar-refractivity contribution < 1.29 is 9.90 Å². The van der Waals surface area contributed by atoms with Crippen LogP contribution in [0.25, 0.3) is 0 Å². The molecule has 1 aliphatic heterocycles. The first-order chi connectivity index (χ1) is 12.0. The van der Waals surface area contributed by atoms with Crippen LogP contribution in [0.3, 0.4) is 0 Å². The van der Waals surface area contributed by atoms with Crippen molar-refractivity contribution in [3.05, 3.63) is 48.0 Å². The van der Waals surface area contributed by atoms with Crippen molar-refractivity contribution >= 4 is 11.9 Å². The number of hydrogen-bond acceptors (Lipinski definition) is 6. The highest BCUT2D eigenvalue weighted by atomic mass is 16.3. The lowest BCUT2D eigenvalue weighted by atomic mass is 9.92. The van der Waals surface area contributed by atoms with Crippen LogP contribution in [-0.4, -0.2) is 63.1 Å². The van der Waals surface area contributed by atoms with Crippen LogP contribution in [0, 0.1) is 6.92 Å². The van der Waals surface area contributed by atoms with Crippen LogP contribution in [0.1, 0.15) is 29.0 Å². The highest BCUT2D eigenvalue weighted by molar-refractivity contribution is 5.92. The summed E-state index contributed by atoms with van der Waals surface area (Å²) >= 11 is 0. The van der Waals surface area contributed by atoms with Gasteiger partial charge in [0.25, 0.3) is 5.91 Å². The summed E-state index contributed by atoms with van der Waals surface area (Å²) in [7, 11) is 1.70. The van der Waals surface area contributed by atoms with Gasteiger partial charge in [-0.1, -0.05) is 6.07 Å². The second kappa shape index (κ2) is 7.14. The fourth-order valence-electron chi connectivity index (χ4n) is 3.24. The fraction of sp³-hybridized carbons (Fsp3) is 0.444. The van der Waals surface area contributed by atoms with Gasteiger partial charge in [0.2, 0.25) is 5.95 Å². The number of piperidine rings is 1. The van der Waals surface area contributed by atoms with Gasteiger partial charge in [-0.05, 0) is 38.0 Å². The van der Waals surface area contributed by atoms with E-state index in [4.69, 9.17) is 0 Å². The quantitative estimate of drug-likeness (QED) is 0.902. The number of rotatable bonds is 4. The van der Waals surface area contributed by atoms with Crippen molar-refractivity contribution in [3.8, 4) is 0 Å². The average Bonchev–Trinajstić information content (AvgIpc) is 2.61. The third-order valence-electron chi connectivity index (χ3n) is 4.38. The highest BCUT2D eigenvalue weighted by Gasteiger charge is 2.36. The van der Waals surface area contributed by atoms with E-state index in [1.165, 1.54) is 4.90 Å². The summed E-state index contributed by atoms with van der Waals surface area (Å²) in [5, 5.41) is 11.0. The molecule has 1 fully saturated rings. The molecule has 0 radical (unpaired) electrons. The summed E-state index contributed by atoms with van der Waals surface area (Å²) in [5.41, 5.74) is 0.194. The fourth-order valence-corrected chi connectivity index (χ4v) is 3.24. The van der Waals surface area contributed by atoms with Crippen molar-refractivity contribution in [2.24, 2.45) is 0 Å². The Hall–Kier alpha value is -2.54. The van der Waals surface area contributed by atoms with E-state index in [0.717, 1.165) is 18.7 Å². The van der Waals surface area contributed by atoms with E-state index in [9.17, 15) is 9.90 Å². The minimum absolute atomic E-state index is 0.190. The maximum Gasteiger partial charge on any atom is 0.272 e. The zero-order valence-corrected chi connectivity index (χ0v) is 14.6. The molecule has 1 N–H and O–H groups in total. The molecule has 0 aromatic carbocycles. The molecular weight excluding hydrogens is 318 g/mol. The van der Waals surface area contributed by atoms with Gasteiger partial charge in [-0.25, -0.2) is 15.0 Å². The third-order valence-corrected chi connectivity index (χ3v) is 4.38. The Morgan fingerprint density at radius 2 is 2.08 bits per heavy atom. The molecular formula is C18H23N5O2. The zero-order chi connectivity index (χ0) is 17.9. The van der Waals surface area contributed by atoms with Crippen LogP contribution in [-0.2, 0) is 0 Å². The maximum atomic E-state index is 12.6. The molecule has 1 atom stereocenters. The molecule has 1 aliphatic rings. The predicted molar refractivity (Wildman–Crippen MR) is 94.4 cm³/mol. The van der Waals surface area contributed by atoms with E-state index in [1.807, 2.05) is 24.0 Å².